The Bertz CT molecular complexity index is 1070. The van der Waals surface area contributed by atoms with Gasteiger partial charge >= 0.3 is 0 Å². The van der Waals surface area contributed by atoms with Crippen LogP contribution in [0.25, 0.3) is 0 Å². The highest BCUT2D eigenvalue weighted by molar-refractivity contribution is 6.31. The summed E-state index contributed by atoms with van der Waals surface area (Å²) in [7, 11) is 1.56. The summed E-state index contributed by atoms with van der Waals surface area (Å²) in [6.07, 6.45) is 3.26. The van der Waals surface area contributed by atoms with Crippen molar-refractivity contribution in [3.05, 3.63) is 76.6 Å². The third kappa shape index (κ3) is 3.57. The molecule has 4 rings (SSSR count). The topological polar surface area (TPSA) is 108 Å². The van der Waals surface area contributed by atoms with Crippen molar-refractivity contribution in [2.75, 3.05) is 18.2 Å². The summed E-state index contributed by atoms with van der Waals surface area (Å²) in [6, 6.07) is 14.5. The molecular formula is C21H20ClN5O2. The minimum atomic E-state index is -1.20. The summed E-state index contributed by atoms with van der Waals surface area (Å²) in [5, 5.41) is 3.51. The number of nitrogens with one attached hydrogen (secondary N) is 1. The fourth-order valence-corrected chi connectivity index (χ4v) is 3.55. The molecule has 0 radical (unpaired) electrons. The highest BCUT2D eigenvalue weighted by Crippen LogP contribution is 2.42. The fraction of sp³-hybridized carbons (Fsp3) is 0.143. The van der Waals surface area contributed by atoms with E-state index in [4.69, 9.17) is 32.5 Å². The minimum Gasteiger partial charge on any atom is -0.495 e. The zero-order chi connectivity index (χ0) is 20.4. The summed E-state index contributed by atoms with van der Waals surface area (Å²) in [6.45, 7) is 0.339. The lowest BCUT2D eigenvalue weighted by atomic mass is 9.89. The van der Waals surface area contributed by atoms with Crippen molar-refractivity contribution in [2.24, 2.45) is 10.7 Å². The van der Waals surface area contributed by atoms with Crippen molar-refractivity contribution in [2.45, 2.75) is 12.3 Å². The molecule has 8 heteroatoms. The SMILES string of the molecule is COc1cc2c(cc1N)C(N)(c1ccc(OCc3ccccn3)cc1Cl)N=CN2. The number of rotatable bonds is 5. The number of ether oxygens (including phenoxy) is 2. The maximum atomic E-state index is 6.70. The van der Waals surface area contributed by atoms with Crippen molar-refractivity contribution >= 4 is 29.3 Å². The van der Waals surface area contributed by atoms with Gasteiger partial charge in [-0.3, -0.25) is 10.7 Å². The zero-order valence-corrected chi connectivity index (χ0v) is 16.5. The molecule has 3 aromatic rings. The molecule has 1 atom stereocenters. The molecular weight excluding hydrogens is 390 g/mol. The minimum absolute atomic E-state index is 0.339. The van der Waals surface area contributed by atoms with Crippen LogP contribution in [0.1, 0.15) is 16.8 Å². The first-order valence-corrected chi connectivity index (χ1v) is 9.29. The number of aromatic nitrogens is 1. The van der Waals surface area contributed by atoms with Gasteiger partial charge in [-0.05, 0) is 36.4 Å². The van der Waals surface area contributed by atoms with Gasteiger partial charge in [0.2, 0.25) is 0 Å². The number of nitrogens with zero attached hydrogens (tertiary/aromatic N) is 2. The smallest absolute Gasteiger partial charge is 0.165 e. The summed E-state index contributed by atoms with van der Waals surface area (Å²) < 4.78 is 11.1. The van der Waals surface area contributed by atoms with E-state index in [1.807, 2.05) is 30.3 Å². The van der Waals surface area contributed by atoms with E-state index in [0.717, 1.165) is 11.4 Å². The zero-order valence-electron chi connectivity index (χ0n) is 15.7. The Morgan fingerprint density at radius 3 is 2.72 bits per heavy atom. The molecule has 7 nitrogen and oxygen atoms in total. The van der Waals surface area contributed by atoms with Gasteiger partial charge in [-0.25, -0.2) is 4.99 Å². The van der Waals surface area contributed by atoms with Crippen molar-refractivity contribution in [1.29, 1.82) is 0 Å². The van der Waals surface area contributed by atoms with E-state index in [1.165, 1.54) is 0 Å². The van der Waals surface area contributed by atoms with Crippen LogP contribution in [0.2, 0.25) is 5.02 Å². The molecule has 148 valence electrons. The molecule has 0 saturated carbocycles. The molecule has 0 amide bonds. The quantitative estimate of drug-likeness (QED) is 0.556. The van der Waals surface area contributed by atoms with Gasteiger partial charge in [0.1, 0.15) is 18.1 Å². The second kappa shape index (κ2) is 7.62. The van der Waals surface area contributed by atoms with E-state index in [9.17, 15) is 0 Å². The molecule has 0 bridgehead atoms. The predicted octanol–water partition coefficient (Wildman–Crippen LogP) is 3.52. The standard InChI is InChI=1S/C21H20ClN5O2/c1-28-20-10-19-16(9-18(20)23)21(24,27-12-26-19)15-6-5-14(8-17(15)22)29-11-13-4-2-3-7-25-13/h2-10,12H,11,23-24H2,1H3,(H,26,27). The van der Waals surface area contributed by atoms with Crippen LogP contribution >= 0.6 is 11.6 Å². The van der Waals surface area contributed by atoms with Crippen molar-refractivity contribution in [3.63, 3.8) is 0 Å². The molecule has 1 unspecified atom stereocenters. The number of fused-ring (bicyclic) bond motifs is 1. The van der Waals surface area contributed by atoms with Crippen LogP contribution in [0.4, 0.5) is 11.4 Å². The molecule has 1 aliphatic heterocycles. The van der Waals surface area contributed by atoms with Crippen LogP contribution < -0.4 is 26.3 Å². The number of nitrogen functional groups attached to an aromatic ring is 1. The van der Waals surface area contributed by atoms with Gasteiger partial charge in [0.05, 0.1) is 35.5 Å². The van der Waals surface area contributed by atoms with Crippen LogP contribution in [-0.4, -0.2) is 18.4 Å². The van der Waals surface area contributed by atoms with Gasteiger partial charge in [0, 0.05) is 23.4 Å². The maximum Gasteiger partial charge on any atom is 0.165 e. The highest BCUT2D eigenvalue weighted by atomic mass is 35.5. The van der Waals surface area contributed by atoms with Gasteiger partial charge in [-0.1, -0.05) is 17.7 Å². The second-order valence-corrected chi connectivity index (χ2v) is 6.97. The van der Waals surface area contributed by atoms with Crippen LogP contribution in [0.5, 0.6) is 11.5 Å². The third-order valence-corrected chi connectivity index (χ3v) is 5.05. The summed E-state index contributed by atoms with van der Waals surface area (Å²) in [5.74, 6) is 1.17. The molecule has 29 heavy (non-hydrogen) atoms. The lowest BCUT2D eigenvalue weighted by Gasteiger charge is -2.32. The number of methoxy groups -OCH3 is 1. The van der Waals surface area contributed by atoms with E-state index in [1.54, 1.807) is 37.8 Å². The van der Waals surface area contributed by atoms with E-state index in [2.05, 4.69) is 15.3 Å². The van der Waals surface area contributed by atoms with Crippen molar-refractivity contribution in [3.8, 4) is 11.5 Å². The number of hydrogen-bond acceptors (Lipinski definition) is 7. The lowest BCUT2D eigenvalue weighted by Crippen LogP contribution is -2.39. The van der Waals surface area contributed by atoms with Crippen molar-refractivity contribution in [1.82, 2.24) is 4.98 Å². The first kappa shape index (κ1) is 19.0. The van der Waals surface area contributed by atoms with Gasteiger partial charge in [-0.2, -0.15) is 0 Å². The first-order valence-electron chi connectivity index (χ1n) is 8.91. The predicted molar refractivity (Wildman–Crippen MR) is 115 cm³/mol. The number of nitrogens with two attached hydrogens (primary N) is 2. The average Bonchev–Trinajstić information content (AvgIpc) is 2.73. The molecule has 2 aromatic carbocycles. The Morgan fingerprint density at radius 1 is 1.14 bits per heavy atom. The molecule has 0 spiro atoms. The molecule has 0 aliphatic carbocycles. The van der Waals surface area contributed by atoms with Crippen LogP contribution in [0, 0.1) is 0 Å². The normalized spacial score (nSPS) is 17.3. The van der Waals surface area contributed by atoms with Gasteiger partial charge in [0.15, 0.2) is 5.66 Å². The highest BCUT2D eigenvalue weighted by Gasteiger charge is 2.36. The summed E-state index contributed by atoms with van der Waals surface area (Å²) in [5.41, 5.74) is 15.0. The number of anilines is 2. The first-order chi connectivity index (χ1) is 14.0. The van der Waals surface area contributed by atoms with Crippen LogP contribution in [0.3, 0.4) is 0 Å². The lowest BCUT2D eigenvalue weighted by molar-refractivity contribution is 0.301. The van der Waals surface area contributed by atoms with Gasteiger partial charge in [0.25, 0.3) is 0 Å². The summed E-state index contributed by atoms with van der Waals surface area (Å²) >= 11 is 6.57. The fourth-order valence-electron chi connectivity index (χ4n) is 3.23. The van der Waals surface area contributed by atoms with E-state index < -0.39 is 5.66 Å². The van der Waals surface area contributed by atoms with Gasteiger partial charge in [-0.15, -0.1) is 0 Å². The maximum absolute atomic E-state index is 6.70. The molecule has 1 aliphatic rings. The van der Waals surface area contributed by atoms with Crippen LogP contribution in [-0.2, 0) is 12.3 Å². The van der Waals surface area contributed by atoms with Crippen molar-refractivity contribution < 1.29 is 9.47 Å². The third-order valence-electron chi connectivity index (χ3n) is 4.73. The van der Waals surface area contributed by atoms with E-state index in [0.29, 0.717) is 39.9 Å². The number of aliphatic imine (C=N–C) groups is 1. The summed E-state index contributed by atoms with van der Waals surface area (Å²) in [4.78, 5) is 8.70. The Balaban J connectivity index is 1.65. The molecule has 0 saturated heterocycles. The second-order valence-electron chi connectivity index (χ2n) is 6.56. The van der Waals surface area contributed by atoms with E-state index in [-0.39, 0.29) is 0 Å². The Labute approximate surface area is 173 Å². The molecule has 0 fully saturated rings. The van der Waals surface area contributed by atoms with E-state index >= 15 is 0 Å². The molecule has 5 N–H and O–H groups in total. The monoisotopic (exact) mass is 409 g/mol. The average molecular weight is 410 g/mol. The largest absolute Gasteiger partial charge is 0.495 e. The molecule has 2 heterocycles. The van der Waals surface area contributed by atoms with Crippen LogP contribution in [0.15, 0.2) is 59.7 Å². The Morgan fingerprint density at radius 2 is 2.00 bits per heavy atom. The number of halogens is 1. The number of pyridine rings is 1. The molecule has 1 aromatic heterocycles. The number of hydrogen-bond donors (Lipinski definition) is 3. The Hall–Kier alpha value is -3.29. The van der Waals surface area contributed by atoms with Gasteiger partial charge < -0.3 is 20.5 Å². The Kier molecular flexibility index (Phi) is 5.00. The number of benzene rings is 2.